The fourth-order valence-corrected chi connectivity index (χ4v) is 4.16. The zero-order valence-corrected chi connectivity index (χ0v) is 22.4. The van der Waals surface area contributed by atoms with Gasteiger partial charge in [0.25, 0.3) is 0 Å². The third-order valence-electron chi connectivity index (χ3n) is 6.43. The largest absolute Gasteiger partial charge is 0.478 e. The molecule has 0 bridgehead atoms. The van der Waals surface area contributed by atoms with E-state index in [1.54, 1.807) is 25.1 Å². The van der Waals surface area contributed by atoms with E-state index in [0.717, 1.165) is 5.56 Å². The van der Waals surface area contributed by atoms with Crippen molar-refractivity contribution < 1.29 is 19.5 Å². The van der Waals surface area contributed by atoms with E-state index in [2.05, 4.69) is 10.6 Å². The van der Waals surface area contributed by atoms with Gasteiger partial charge in [-0.25, -0.2) is 4.79 Å². The maximum Gasteiger partial charge on any atom is 0.331 e. The van der Waals surface area contributed by atoms with Crippen molar-refractivity contribution in [2.75, 3.05) is 14.1 Å². The highest BCUT2D eigenvalue weighted by molar-refractivity contribution is 5.91. The Morgan fingerprint density at radius 1 is 1.00 bits per heavy atom. The average Bonchev–Trinajstić information content (AvgIpc) is 2.74. The van der Waals surface area contributed by atoms with Crippen LogP contribution in [0.15, 0.2) is 42.0 Å². The Kier molecular flexibility index (Phi) is 10.1. The number of carbonyl (C=O) groups is 3. The summed E-state index contributed by atoms with van der Waals surface area (Å²) in [6, 6.07) is 7.99. The van der Waals surface area contributed by atoms with Gasteiger partial charge < -0.3 is 20.6 Å². The topological polar surface area (TPSA) is 98.7 Å². The first-order valence-electron chi connectivity index (χ1n) is 11.8. The molecule has 0 aliphatic heterocycles. The second kappa shape index (κ2) is 11.6. The Balaban J connectivity index is 3.29. The molecule has 0 aromatic heterocycles. The van der Waals surface area contributed by atoms with Crippen molar-refractivity contribution in [2.45, 2.75) is 78.9 Å². The number of rotatable bonds is 10. The molecule has 190 valence electrons. The highest BCUT2D eigenvalue weighted by atomic mass is 16.4. The SMILES string of the molecule is CN[C@H](C(=O)N[C@H](C(=O)N(C)[C@H](C=C(C)C(=O)O)C(C)C)C(C)(C)C)C(C)(C)c1ccccc1. The molecule has 0 radical (unpaired) electrons. The van der Waals surface area contributed by atoms with Gasteiger partial charge in [0, 0.05) is 18.0 Å². The number of hydrogen-bond donors (Lipinski definition) is 3. The predicted molar refractivity (Wildman–Crippen MR) is 136 cm³/mol. The summed E-state index contributed by atoms with van der Waals surface area (Å²) in [5.41, 5.74) is 0.0895. The third-order valence-corrected chi connectivity index (χ3v) is 6.43. The third kappa shape index (κ3) is 7.16. The summed E-state index contributed by atoms with van der Waals surface area (Å²) in [4.78, 5) is 40.1. The zero-order valence-electron chi connectivity index (χ0n) is 22.4. The van der Waals surface area contributed by atoms with Crippen LogP contribution in [0.25, 0.3) is 0 Å². The molecule has 0 saturated carbocycles. The van der Waals surface area contributed by atoms with Crippen LogP contribution in [-0.2, 0) is 19.8 Å². The van der Waals surface area contributed by atoms with Crippen LogP contribution >= 0.6 is 0 Å². The molecule has 0 aliphatic carbocycles. The Morgan fingerprint density at radius 3 is 1.94 bits per heavy atom. The van der Waals surface area contributed by atoms with Crippen LogP contribution in [0.1, 0.15) is 61.0 Å². The number of aliphatic carboxylic acids is 1. The molecule has 3 N–H and O–H groups in total. The number of nitrogens with one attached hydrogen (secondary N) is 2. The van der Waals surface area contributed by atoms with Gasteiger partial charge >= 0.3 is 5.97 Å². The minimum atomic E-state index is -1.02. The molecule has 0 spiro atoms. The molecule has 2 amide bonds. The standard InChI is InChI=1S/C27H43N3O4/c1-17(2)20(16-18(3)25(33)34)30(10)24(32)22(26(4,5)6)29-23(31)21(28-9)27(7,8)19-14-12-11-13-15-19/h11-17,20-22,28H,1-10H3,(H,29,31)(H,33,34)/t20-,21-,22-/m1/s1. The Morgan fingerprint density at radius 2 is 1.53 bits per heavy atom. The van der Waals surface area contributed by atoms with Crippen LogP contribution in [0.3, 0.4) is 0 Å². The molecule has 0 fully saturated rings. The molecule has 7 nitrogen and oxygen atoms in total. The van der Waals surface area contributed by atoms with Crippen molar-refractivity contribution in [3.05, 3.63) is 47.5 Å². The molecule has 3 atom stereocenters. The van der Waals surface area contributed by atoms with E-state index in [9.17, 15) is 19.5 Å². The second-order valence-corrected chi connectivity index (χ2v) is 11.0. The minimum absolute atomic E-state index is 0.0124. The van der Waals surface area contributed by atoms with E-state index in [0.29, 0.717) is 0 Å². The number of carboxylic acid groups (broad SMARTS) is 1. The summed E-state index contributed by atoms with van der Waals surface area (Å²) in [6.45, 7) is 15.1. The maximum absolute atomic E-state index is 13.7. The molecular weight excluding hydrogens is 430 g/mol. The van der Waals surface area contributed by atoms with E-state index in [1.165, 1.54) is 6.92 Å². The van der Waals surface area contributed by atoms with Gasteiger partial charge in [0.1, 0.15) is 6.04 Å². The number of benzene rings is 1. The molecule has 0 saturated heterocycles. The summed E-state index contributed by atoms with van der Waals surface area (Å²) >= 11 is 0. The van der Waals surface area contributed by atoms with E-state index in [1.807, 2.05) is 78.8 Å². The van der Waals surface area contributed by atoms with Gasteiger partial charge in [-0.15, -0.1) is 0 Å². The zero-order chi connectivity index (χ0) is 26.4. The average molecular weight is 474 g/mol. The summed E-state index contributed by atoms with van der Waals surface area (Å²) < 4.78 is 0. The van der Waals surface area contributed by atoms with E-state index in [-0.39, 0.29) is 23.3 Å². The van der Waals surface area contributed by atoms with Crippen molar-refractivity contribution in [2.24, 2.45) is 11.3 Å². The lowest BCUT2D eigenvalue weighted by molar-refractivity contribution is -0.141. The van der Waals surface area contributed by atoms with Crippen molar-refractivity contribution in [3.63, 3.8) is 0 Å². The molecule has 1 rings (SSSR count). The molecular formula is C27H43N3O4. The maximum atomic E-state index is 13.7. The van der Waals surface area contributed by atoms with Crippen LogP contribution in [-0.4, -0.2) is 60.0 Å². The van der Waals surface area contributed by atoms with Crippen LogP contribution in [0.5, 0.6) is 0 Å². The summed E-state index contributed by atoms with van der Waals surface area (Å²) in [7, 11) is 3.40. The monoisotopic (exact) mass is 473 g/mol. The smallest absolute Gasteiger partial charge is 0.331 e. The highest BCUT2D eigenvalue weighted by Crippen LogP contribution is 2.29. The Bertz CT molecular complexity index is 885. The number of carbonyl (C=O) groups excluding carboxylic acids is 2. The molecule has 1 aromatic rings. The van der Waals surface area contributed by atoms with E-state index < -0.39 is 34.9 Å². The van der Waals surface area contributed by atoms with E-state index >= 15 is 0 Å². The first-order valence-corrected chi connectivity index (χ1v) is 11.8. The molecule has 0 aliphatic rings. The lowest BCUT2D eigenvalue weighted by atomic mass is 9.76. The molecule has 0 heterocycles. The first kappa shape index (κ1) is 29.4. The van der Waals surface area contributed by atoms with Crippen molar-refractivity contribution in [1.82, 2.24) is 15.5 Å². The number of amides is 2. The number of likely N-dealkylation sites (N-methyl/N-ethyl adjacent to an activating group) is 2. The predicted octanol–water partition coefficient (Wildman–Crippen LogP) is 3.60. The van der Waals surface area contributed by atoms with Crippen molar-refractivity contribution >= 4 is 17.8 Å². The fourth-order valence-electron chi connectivity index (χ4n) is 4.16. The lowest BCUT2D eigenvalue weighted by Gasteiger charge is -2.39. The number of hydrogen-bond acceptors (Lipinski definition) is 4. The summed E-state index contributed by atoms with van der Waals surface area (Å²) in [5.74, 6) is -1.56. The number of nitrogens with zero attached hydrogens (tertiary/aromatic N) is 1. The van der Waals surface area contributed by atoms with Gasteiger partial charge in [0.15, 0.2) is 0 Å². The van der Waals surface area contributed by atoms with Gasteiger partial charge in [0.05, 0.1) is 12.1 Å². The van der Waals surface area contributed by atoms with Gasteiger partial charge in [0.2, 0.25) is 11.8 Å². The van der Waals surface area contributed by atoms with Crippen LogP contribution in [0.2, 0.25) is 0 Å². The second-order valence-electron chi connectivity index (χ2n) is 11.0. The normalized spacial score (nSPS) is 15.4. The Hall–Kier alpha value is -2.67. The quantitative estimate of drug-likeness (QED) is 0.451. The van der Waals surface area contributed by atoms with Gasteiger partial charge in [-0.2, -0.15) is 0 Å². The molecule has 34 heavy (non-hydrogen) atoms. The Labute approximate surface area is 205 Å². The summed E-state index contributed by atoms with van der Waals surface area (Å²) in [5, 5.41) is 15.5. The van der Waals surface area contributed by atoms with E-state index in [4.69, 9.17) is 0 Å². The number of carboxylic acids is 1. The lowest BCUT2D eigenvalue weighted by Crippen LogP contribution is -2.61. The van der Waals surface area contributed by atoms with Gasteiger partial charge in [-0.3, -0.25) is 9.59 Å². The molecule has 1 aromatic carbocycles. The van der Waals surface area contributed by atoms with Crippen molar-refractivity contribution in [1.29, 1.82) is 0 Å². The molecule has 0 unspecified atom stereocenters. The van der Waals surface area contributed by atoms with Crippen molar-refractivity contribution in [3.8, 4) is 0 Å². The van der Waals surface area contributed by atoms with Crippen LogP contribution in [0.4, 0.5) is 0 Å². The van der Waals surface area contributed by atoms with Crippen LogP contribution < -0.4 is 10.6 Å². The minimum Gasteiger partial charge on any atom is -0.478 e. The first-order chi connectivity index (χ1) is 15.5. The molecule has 7 heteroatoms. The van der Waals surface area contributed by atoms with Crippen LogP contribution in [0, 0.1) is 11.3 Å². The summed E-state index contributed by atoms with van der Waals surface area (Å²) in [6.07, 6.45) is 1.60. The highest BCUT2D eigenvalue weighted by Gasteiger charge is 2.41. The van der Waals surface area contributed by atoms with Gasteiger partial charge in [-0.05, 0) is 30.9 Å². The van der Waals surface area contributed by atoms with Gasteiger partial charge in [-0.1, -0.05) is 84.9 Å². The fraction of sp³-hybridized carbons (Fsp3) is 0.593.